The number of allylic oxidation sites excluding steroid dienone is 4. The summed E-state index contributed by atoms with van der Waals surface area (Å²) >= 11 is 0. The molecule has 2 amide bonds. The summed E-state index contributed by atoms with van der Waals surface area (Å²) in [6.07, 6.45) is 0.510. The third-order valence-electron chi connectivity index (χ3n) is 6.85. The van der Waals surface area contributed by atoms with Crippen molar-refractivity contribution in [1.82, 2.24) is 10.2 Å². The Morgan fingerprint density at radius 1 is 1.09 bits per heavy atom. The van der Waals surface area contributed by atoms with Crippen LogP contribution in [-0.4, -0.2) is 42.4 Å². The first kappa shape index (κ1) is 31.2. The van der Waals surface area contributed by atoms with Crippen LogP contribution >= 0.6 is 0 Å². The van der Waals surface area contributed by atoms with Crippen LogP contribution in [0.5, 0.6) is 0 Å². The van der Waals surface area contributed by atoms with Gasteiger partial charge in [-0.15, -0.1) is 0 Å². The third kappa shape index (κ3) is 7.97. The average molecular weight is 601 g/mol. The largest absolute Gasteiger partial charge is 0.459 e. The van der Waals surface area contributed by atoms with E-state index in [2.05, 4.69) is 17.0 Å². The quantitative estimate of drug-likeness (QED) is 0.132. The van der Waals surface area contributed by atoms with Crippen molar-refractivity contribution in [3.63, 3.8) is 0 Å². The van der Waals surface area contributed by atoms with Crippen LogP contribution in [0, 0.1) is 0 Å². The second-order valence-corrected chi connectivity index (χ2v) is 10.1. The molecule has 0 unspecified atom stereocenters. The van der Waals surface area contributed by atoms with Crippen molar-refractivity contribution in [3.8, 4) is 11.1 Å². The molecule has 3 aromatic rings. The van der Waals surface area contributed by atoms with Crippen molar-refractivity contribution >= 4 is 29.5 Å². The maximum Gasteiger partial charge on any atom is 0.416 e. The van der Waals surface area contributed by atoms with Crippen LogP contribution in [0.4, 0.5) is 22.0 Å². The smallest absolute Gasteiger partial charge is 0.416 e. The van der Waals surface area contributed by atoms with E-state index < -0.39 is 42.3 Å². The summed E-state index contributed by atoms with van der Waals surface area (Å²) in [7, 11) is 0. The first-order valence-electron chi connectivity index (χ1n) is 13.2. The van der Waals surface area contributed by atoms with E-state index in [0.717, 1.165) is 12.1 Å². The van der Waals surface area contributed by atoms with Gasteiger partial charge in [0.2, 0.25) is 5.91 Å². The molecule has 2 heterocycles. The van der Waals surface area contributed by atoms with Gasteiger partial charge in [0.15, 0.2) is 0 Å². The number of nitrogens with zero attached hydrogens (tertiary/aromatic N) is 2. The molecule has 43 heavy (non-hydrogen) atoms. The number of likely N-dealkylation sites (tertiary alicyclic amines) is 1. The molecular formula is C31H29F5N4O3. The van der Waals surface area contributed by atoms with Crippen LogP contribution in [0.15, 0.2) is 87.6 Å². The zero-order valence-corrected chi connectivity index (χ0v) is 23.2. The predicted octanol–water partition coefficient (Wildman–Crippen LogP) is 6.61. The van der Waals surface area contributed by atoms with Gasteiger partial charge in [0.05, 0.1) is 12.1 Å². The van der Waals surface area contributed by atoms with Crippen LogP contribution in [0.25, 0.3) is 22.1 Å². The van der Waals surface area contributed by atoms with E-state index >= 15 is 0 Å². The van der Waals surface area contributed by atoms with Crippen molar-refractivity contribution in [2.45, 2.75) is 38.4 Å². The minimum absolute atomic E-state index is 0.0838. The molecule has 1 aromatic heterocycles. The highest BCUT2D eigenvalue weighted by atomic mass is 19.4. The number of carbonyl (C=O) groups is 2. The fourth-order valence-corrected chi connectivity index (χ4v) is 4.45. The Bertz CT molecular complexity index is 1610. The topological polar surface area (TPSA) is 101 Å². The Morgan fingerprint density at radius 2 is 1.77 bits per heavy atom. The van der Waals surface area contributed by atoms with Crippen LogP contribution in [0.1, 0.15) is 41.4 Å². The minimum atomic E-state index is -4.64. The molecule has 0 bridgehead atoms. The van der Waals surface area contributed by atoms with Crippen molar-refractivity contribution in [2.24, 2.45) is 10.7 Å². The highest BCUT2D eigenvalue weighted by Crippen LogP contribution is 2.39. The summed E-state index contributed by atoms with van der Waals surface area (Å²) in [5.41, 5.74) is 6.24. The molecule has 7 nitrogen and oxygen atoms in total. The lowest BCUT2D eigenvalue weighted by Crippen LogP contribution is -2.42. The zero-order valence-electron chi connectivity index (χ0n) is 23.2. The minimum Gasteiger partial charge on any atom is -0.459 e. The Hall–Kier alpha value is -4.74. The van der Waals surface area contributed by atoms with Gasteiger partial charge in [-0.25, -0.2) is 13.8 Å². The summed E-state index contributed by atoms with van der Waals surface area (Å²) in [5.74, 6) is -3.25. The van der Waals surface area contributed by atoms with Gasteiger partial charge in [-0.3, -0.25) is 9.59 Å². The van der Waals surface area contributed by atoms with Gasteiger partial charge >= 0.3 is 6.18 Å². The van der Waals surface area contributed by atoms with Crippen LogP contribution in [0.3, 0.4) is 0 Å². The lowest BCUT2D eigenvalue weighted by Gasteiger charge is -2.31. The Labute approximate surface area is 244 Å². The maximum absolute atomic E-state index is 13.7. The molecule has 2 aromatic carbocycles. The summed E-state index contributed by atoms with van der Waals surface area (Å²) in [4.78, 5) is 30.0. The van der Waals surface area contributed by atoms with E-state index in [-0.39, 0.29) is 53.3 Å². The van der Waals surface area contributed by atoms with Crippen LogP contribution in [0.2, 0.25) is 0 Å². The number of benzene rings is 2. The van der Waals surface area contributed by atoms with Crippen molar-refractivity contribution in [2.75, 3.05) is 13.1 Å². The number of hydrogen-bond donors (Lipinski definition) is 2. The fraction of sp³-hybridized carbons (Fsp3) is 0.258. The molecule has 1 saturated heterocycles. The van der Waals surface area contributed by atoms with Crippen LogP contribution in [-0.2, 0) is 17.5 Å². The van der Waals surface area contributed by atoms with Crippen molar-refractivity contribution < 1.29 is 36.0 Å². The molecule has 1 fully saturated rings. The van der Waals surface area contributed by atoms with Crippen molar-refractivity contribution in [1.29, 1.82) is 0 Å². The first-order valence-corrected chi connectivity index (χ1v) is 13.2. The molecule has 226 valence electrons. The van der Waals surface area contributed by atoms with Crippen LogP contribution < -0.4 is 11.1 Å². The molecule has 12 heteroatoms. The number of rotatable bonds is 8. The van der Waals surface area contributed by atoms with E-state index in [1.165, 1.54) is 47.4 Å². The fourth-order valence-electron chi connectivity index (χ4n) is 4.45. The second-order valence-electron chi connectivity index (χ2n) is 10.1. The summed E-state index contributed by atoms with van der Waals surface area (Å²) in [5, 5.41) is 2.80. The first-order chi connectivity index (χ1) is 20.3. The second kappa shape index (κ2) is 12.6. The highest BCUT2D eigenvalue weighted by molar-refractivity contribution is 5.97. The molecule has 0 atom stereocenters. The number of piperidine rings is 1. The van der Waals surface area contributed by atoms with E-state index in [1.807, 2.05) is 0 Å². The molecule has 4 rings (SSSR count). The molecule has 0 spiro atoms. The Balaban J connectivity index is 1.54. The van der Waals surface area contributed by atoms with E-state index in [0.29, 0.717) is 11.1 Å². The molecule has 0 aliphatic carbocycles. The molecule has 0 saturated carbocycles. The number of furan rings is 1. The standard InChI is InChI=1S/C31H29F5N4O3/c1-19(3-9-26(37)38-2)4-10-27(41)39-18-24-16-22-15-23(31(34,35)36)17-25(28(22)43-24)20-5-7-21(8-6-20)29(42)40-13-11-30(32,33)12-14-40/h3-10,15-17H,2,11-14,18,37H2,1H3,(H,39,41)/b10-4+,19-3+,26-9-. The lowest BCUT2D eigenvalue weighted by molar-refractivity contribution is -0.137. The number of nitrogens with one attached hydrogen (secondary N) is 1. The van der Waals surface area contributed by atoms with E-state index in [4.69, 9.17) is 10.2 Å². The van der Waals surface area contributed by atoms with E-state index in [9.17, 15) is 31.5 Å². The SMILES string of the molecule is C=N\C(N)=C/C=C(C)/C=C/C(=O)NCc1cc2cc(C(F)(F)F)cc(-c3ccc(C(=O)N4CCC(F)(F)CC4)cc3)c2o1. The van der Waals surface area contributed by atoms with Gasteiger partial charge < -0.3 is 20.4 Å². The predicted molar refractivity (Wildman–Crippen MR) is 153 cm³/mol. The number of aliphatic imine (C=N–C) groups is 1. The number of alkyl halides is 5. The molecular weight excluding hydrogens is 571 g/mol. The maximum atomic E-state index is 13.7. The van der Waals surface area contributed by atoms with Gasteiger partial charge in [0, 0.05) is 48.5 Å². The summed E-state index contributed by atoms with van der Waals surface area (Å²) in [6, 6.07) is 9.20. The van der Waals surface area contributed by atoms with Gasteiger partial charge in [-0.05, 0) is 55.6 Å². The van der Waals surface area contributed by atoms with Gasteiger partial charge in [-0.1, -0.05) is 29.9 Å². The van der Waals surface area contributed by atoms with E-state index in [1.54, 1.807) is 19.1 Å². The molecule has 0 radical (unpaired) electrons. The molecule has 3 N–H and O–H groups in total. The zero-order chi connectivity index (χ0) is 31.4. The number of fused-ring (bicyclic) bond motifs is 1. The number of hydrogen-bond acceptors (Lipinski definition) is 5. The average Bonchev–Trinajstić information content (AvgIpc) is 3.39. The van der Waals surface area contributed by atoms with Gasteiger partial charge in [0.1, 0.15) is 17.2 Å². The lowest BCUT2D eigenvalue weighted by atomic mass is 9.98. The number of carbonyl (C=O) groups excluding carboxylic acids is 2. The normalized spacial score (nSPS) is 16.1. The monoisotopic (exact) mass is 600 g/mol. The highest BCUT2D eigenvalue weighted by Gasteiger charge is 2.36. The number of amides is 2. The van der Waals surface area contributed by atoms with Crippen molar-refractivity contribution in [3.05, 3.63) is 95.0 Å². The molecule has 1 aliphatic heterocycles. The summed E-state index contributed by atoms with van der Waals surface area (Å²) in [6.45, 7) is 4.79. The Kier molecular flexibility index (Phi) is 9.17. The van der Waals surface area contributed by atoms with Gasteiger partial charge in [-0.2, -0.15) is 13.2 Å². The Morgan fingerprint density at radius 3 is 2.40 bits per heavy atom. The summed E-state index contributed by atoms with van der Waals surface area (Å²) < 4.78 is 74.1. The molecule has 1 aliphatic rings. The number of nitrogens with two attached hydrogens (primary N) is 1. The third-order valence-corrected chi connectivity index (χ3v) is 6.85. The number of halogens is 5. The van der Waals surface area contributed by atoms with Gasteiger partial charge in [0.25, 0.3) is 11.8 Å².